The van der Waals surface area contributed by atoms with Crippen molar-refractivity contribution in [3.05, 3.63) is 48.5 Å². The molecule has 9 nitrogen and oxygen atoms in total. The number of primary sulfonamides is 1. The van der Waals surface area contributed by atoms with E-state index in [4.69, 9.17) is 5.14 Å². The first-order valence-corrected chi connectivity index (χ1v) is 11.4. The van der Waals surface area contributed by atoms with Gasteiger partial charge < -0.3 is 10.2 Å². The number of nitrogens with zero attached hydrogens (tertiary/aromatic N) is 1. The first-order valence-electron chi connectivity index (χ1n) is 8.38. The Bertz CT molecular complexity index is 1030. The van der Waals surface area contributed by atoms with Crippen molar-refractivity contribution in [1.82, 2.24) is 4.90 Å². The van der Waals surface area contributed by atoms with E-state index in [1.54, 1.807) is 4.90 Å². The molecule has 0 aromatic heterocycles. The second kappa shape index (κ2) is 8.59. The molecule has 4 N–H and O–H groups in total. The third-order valence-electron chi connectivity index (χ3n) is 3.90. The Labute approximate surface area is 164 Å². The van der Waals surface area contributed by atoms with Crippen molar-refractivity contribution < 1.29 is 21.6 Å². The number of sulfonamides is 2. The van der Waals surface area contributed by atoms with Gasteiger partial charge in [0.1, 0.15) is 0 Å². The van der Waals surface area contributed by atoms with Gasteiger partial charge in [0.2, 0.25) is 10.0 Å². The second-order valence-corrected chi connectivity index (χ2v) is 9.05. The third kappa shape index (κ3) is 5.44. The maximum Gasteiger partial charge on any atom is 0.321 e. The van der Waals surface area contributed by atoms with Gasteiger partial charge in [-0.25, -0.2) is 26.8 Å². The van der Waals surface area contributed by atoms with Crippen LogP contribution in [0.25, 0.3) is 0 Å². The fourth-order valence-corrected chi connectivity index (χ4v) is 3.93. The Morgan fingerprint density at radius 3 is 1.79 bits per heavy atom. The van der Waals surface area contributed by atoms with Crippen molar-refractivity contribution in [1.29, 1.82) is 0 Å². The lowest BCUT2D eigenvalue weighted by Gasteiger charge is -2.19. The molecule has 0 bridgehead atoms. The Morgan fingerprint density at radius 2 is 1.32 bits per heavy atom. The highest BCUT2D eigenvalue weighted by Crippen LogP contribution is 2.20. The van der Waals surface area contributed by atoms with Crippen LogP contribution in [0.4, 0.5) is 16.2 Å². The van der Waals surface area contributed by atoms with E-state index in [1.807, 2.05) is 13.8 Å². The number of amides is 2. The van der Waals surface area contributed by atoms with Crippen LogP contribution in [0.5, 0.6) is 0 Å². The lowest BCUT2D eigenvalue weighted by atomic mass is 10.3. The molecule has 0 atom stereocenters. The molecule has 2 rings (SSSR count). The van der Waals surface area contributed by atoms with E-state index in [-0.39, 0.29) is 21.5 Å². The quantitative estimate of drug-likeness (QED) is 0.621. The molecule has 2 amide bonds. The highest BCUT2D eigenvalue weighted by Gasteiger charge is 2.16. The summed E-state index contributed by atoms with van der Waals surface area (Å²) in [5.74, 6) is 0. The monoisotopic (exact) mass is 426 g/mol. The molecule has 28 heavy (non-hydrogen) atoms. The second-order valence-electron chi connectivity index (χ2n) is 5.80. The van der Waals surface area contributed by atoms with Crippen molar-refractivity contribution >= 4 is 37.5 Å². The van der Waals surface area contributed by atoms with E-state index < -0.39 is 20.0 Å². The Kier molecular flexibility index (Phi) is 6.65. The molecule has 0 radical (unpaired) electrons. The van der Waals surface area contributed by atoms with Crippen molar-refractivity contribution in [2.24, 2.45) is 5.14 Å². The summed E-state index contributed by atoms with van der Waals surface area (Å²) in [5, 5.41) is 7.71. The van der Waals surface area contributed by atoms with Gasteiger partial charge in [-0.15, -0.1) is 0 Å². The van der Waals surface area contributed by atoms with Gasteiger partial charge in [-0.3, -0.25) is 4.72 Å². The molecule has 0 aliphatic heterocycles. The van der Waals surface area contributed by atoms with E-state index in [1.165, 1.54) is 48.5 Å². The predicted molar refractivity (Wildman–Crippen MR) is 107 cm³/mol. The van der Waals surface area contributed by atoms with Crippen LogP contribution in [0, 0.1) is 0 Å². The molecule has 0 fully saturated rings. The predicted octanol–water partition coefficient (Wildman–Crippen LogP) is 2.01. The maximum absolute atomic E-state index is 12.5. The van der Waals surface area contributed by atoms with Crippen LogP contribution in [0.15, 0.2) is 58.3 Å². The van der Waals surface area contributed by atoms with Crippen LogP contribution < -0.4 is 15.2 Å². The van der Waals surface area contributed by atoms with Crippen LogP contribution in [-0.4, -0.2) is 40.9 Å². The zero-order chi connectivity index (χ0) is 20.9. The first kappa shape index (κ1) is 21.7. The number of urea groups is 1. The lowest BCUT2D eigenvalue weighted by Crippen LogP contribution is -2.34. The highest BCUT2D eigenvalue weighted by molar-refractivity contribution is 7.92. The van der Waals surface area contributed by atoms with Crippen LogP contribution >= 0.6 is 0 Å². The number of carbonyl (C=O) groups is 1. The number of nitrogens with two attached hydrogens (primary N) is 1. The average Bonchev–Trinajstić information content (AvgIpc) is 2.62. The largest absolute Gasteiger partial charge is 0.325 e. The van der Waals surface area contributed by atoms with Gasteiger partial charge in [-0.2, -0.15) is 0 Å². The molecular formula is C17H22N4O5S2. The smallest absolute Gasteiger partial charge is 0.321 e. The summed E-state index contributed by atoms with van der Waals surface area (Å²) >= 11 is 0. The molecule has 0 saturated carbocycles. The molecule has 0 heterocycles. The minimum absolute atomic E-state index is 0.0103. The Morgan fingerprint density at radius 1 is 0.857 bits per heavy atom. The lowest BCUT2D eigenvalue weighted by molar-refractivity contribution is 0.217. The fraction of sp³-hybridized carbons (Fsp3) is 0.235. The molecule has 2 aromatic rings. The van der Waals surface area contributed by atoms with Crippen molar-refractivity contribution in [2.75, 3.05) is 23.1 Å². The topological polar surface area (TPSA) is 139 Å². The Balaban J connectivity index is 2.12. The van der Waals surface area contributed by atoms with E-state index >= 15 is 0 Å². The van der Waals surface area contributed by atoms with Crippen molar-refractivity contribution in [3.63, 3.8) is 0 Å². The normalized spacial score (nSPS) is 11.7. The minimum atomic E-state index is -3.89. The Hall–Kier alpha value is -2.63. The minimum Gasteiger partial charge on any atom is -0.325 e. The zero-order valence-electron chi connectivity index (χ0n) is 15.4. The standard InChI is InChI=1S/C17H22N4O5S2/c1-3-21(4-2)17(22)19-13-5-11-16(12-6-13)28(25,26)20-14-7-9-15(10-8-14)27(18,23)24/h5-12,20H,3-4H2,1-2H3,(H,19,22)(H2,18,23,24). The number of anilines is 2. The van der Waals surface area contributed by atoms with Gasteiger partial charge in [0.05, 0.1) is 9.79 Å². The number of hydrogen-bond acceptors (Lipinski definition) is 5. The number of hydrogen-bond donors (Lipinski definition) is 3. The highest BCUT2D eigenvalue weighted by atomic mass is 32.2. The molecule has 0 aliphatic rings. The van der Waals surface area contributed by atoms with Gasteiger partial charge in [0.25, 0.3) is 10.0 Å². The van der Waals surface area contributed by atoms with Crippen LogP contribution in [0.2, 0.25) is 0 Å². The molecule has 0 spiro atoms. The summed E-state index contributed by atoms with van der Waals surface area (Å²) in [6, 6.07) is 10.4. The van der Waals surface area contributed by atoms with Gasteiger partial charge in [-0.1, -0.05) is 0 Å². The van der Waals surface area contributed by atoms with E-state index in [0.29, 0.717) is 18.8 Å². The van der Waals surface area contributed by atoms with Crippen molar-refractivity contribution in [2.45, 2.75) is 23.6 Å². The molecular weight excluding hydrogens is 404 g/mol. The zero-order valence-corrected chi connectivity index (χ0v) is 17.0. The third-order valence-corrected chi connectivity index (χ3v) is 6.23. The number of nitrogens with one attached hydrogen (secondary N) is 2. The molecule has 2 aromatic carbocycles. The summed E-state index contributed by atoms with van der Waals surface area (Å²) in [7, 11) is -7.74. The number of rotatable bonds is 7. The van der Waals surface area contributed by atoms with Gasteiger partial charge >= 0.3 is 6.03 Å². The molecule has 0 aliphatic carbocycles. The van der Waals surface area contributed by atoms with Crippen LogP contribution in [0.1, 0.15) is 13.8 Å². The SMILES string of the molecule is CCN(CC)C(=O)Nc1ccc(S(=O)(=O)Nc2ccc(S(N)(=O)=O)cc2)cc1. The summed E-state index contributed by atoms with van der Waals surface area (Å²) in [5.41, 5.74) is 0.652. The first-order chi connectivity index (χ1) is 13.1. The fourth-order valence-electron chi connectivity index (χ4n) is 2.36. The molecule has 152 valence electrons. The van der Waals surface area contributed by atoms with Gasteiger partial charge in [-0.05, 0) is 62.4 Å². The summed E-state index contributed by atoms with van der Waals surface area (Å²) < 4.78 is 49.8. The number of benzene rings is 2. The van der Waals surface area contributed by atoms with E-state index in [9.17, 15) is 21.6 Å². The van der Waals surface area contributed by atoms with Crippen molar-refractivity contribution in [3.8, 4) is 0 Å². The summed E-state index contributed by atoms with van der Waals surface area (Å²) in [6.07, 6.45) is 0. The summed E-state index contributed by atoms with van der Waals surface area (Å²) in [4.78, 5) is 13.5. The molecule has 0 unspecified atom stereocenters. The molecule has 0 saturated heterocycles. The van der Waals surface area contributed by atoms with E-state index in [0.717, 1.165) is 0 Å². The number of carbonyl (C=O) groups excluding carboxylic acids is 1. The van der Waals surface area contributed by atoms with Crippen LogP contribution in [0.3, 0.4) is 0 Å². The van der Waals surface area contributed by atoms with Crippen LogP contribution in [-0.2, 0) is 20.0 Å². The summed E-state index contributed by atoms with van der Waals surface area (Å²) in [6.45, 7) is 4.84. The maximum atomic E-state index is 12.5. The van der Waals surface area contributed by atoms with E-state index in [2.05, 4.69) is 10.0 Å². The van der Waals surface area contributed by atoms with Gasteiger partial charge in [0.15, 0.2) is 0 Å². The van der Waals surface area contributed by atoms with Gasteiger partial charge in [0, 0.05) is 24.5 Å². The molecule has 11 heteroatoms. The average molecular weight is 427 g/mol.